The third-order valence-electron chi connectivity index (χ3n) is 8.61. The lowest BCUT2D eigenvalue weighted by Gasteiger charge is -2.50. The van der Waals surface area contributed by atoms with Gasteiger partial charge in [-0.1, -0.05) is 78.9 Å². The molecule has 0 radical (unpaired) electrons. The topological polar surface area (TPSA) is 77.1 Å². The van der Waals surface area contributed by atoms with Gasteiger partial charge in [-0.2, -0.15) is 0 Å². The Morgan fingerprint density at radius 3 is 2.20 bits per heavy atom. The van der Waals surface area contributed by atoms with Crippen molar-refractivity contribution in [3.8, 4) is 11.1 Å². The van der Waals surface area contributed by atoms with E-state index in [1.165, 1.54) is 22.3 Å². The molecule has 3 aromatic rings. The van der Waals surface area contributed by atoms with Gasteiger partial charge in [0.2, 0.25) is 0 Å². The van der Waals surface area contributed by atoms with E-state index in [0.717, 1.165) is 24.9 Å². The van der Waals surface area contributed by atoms with E-state index in [1.54, 1.807) is 0 Å². The maximum atomic E-state index is 13.4. The van der Waals surface area contributed by atoms with Crippen LogP contribution in [0.15, 0.2) is 78.9 Å². The van der Waals surface area contributed by atoms with Crippen molar-refractivity contribution in [2.75, 3.05) is 32.9 Å². The van der Waals surface area contributed by atoms with Crippen LogP contribution < -0.4 is 5.32 Å². The molecule has 7 nitrogen and oxygen atoms in total. The fraction of sp³-hybridized carbons (Fsp3) is 0.394. The van der Waals surface area contributed by atoms with Crippen LogP contribution in [-0.2, 0) is 24.6 Å². The zero-order chi connectivity index (χ0) is 27.7. The molecular formula is C33H36N2O5. The lowest BCUT2D eigenvalue weighted by Crippen LogP contribution is -2.69. The predicted octanol–water partition coefficient (Wildman–Crippen LogP) is 5.24. The molecule has 3 aromatic carbocycles. The lowest BCUT2D eigenvalue weighted by molar-refractivity contribution is -0.178. The predicted molar refractivity (Wildman–Crippen MR) is 152 cm³/mol. The Kier molecular flexibility index (Phi) is 7.11. The summed E-state index contributed by atoms with van der Waals surface area (Å²) in [7, 11) is 0. The summed E-state index contributed by atoms with van der Waals surface area (Å²) in [6.07, 6.45) is 1.14. The van der Waals surface area contributed by atoms with Gasteiger partial charge in [-0.25, -0.2) is 4.79 Å². The van der Waals surface area contributed by atoms with E-state index in [2.05, 4.69) is 34.5 Å². The summed E-state index contributed by atoms with van der Waals surface area (Å²) >= 11 is 0. The van der Waals surface area contributed by atoms with Crippen LogP contribution in [0.2, 0.25) is 0 Å². The fourth-order valence-corrected chi connectivity index (χ4v) is 6.39. The molecule has 208 valence electrons. The van der Waals surface area contributed by atoms with Gasteiger partial charge in [-0.05, 0) is 61.1 Å². The molecule has 7 heteroatoms. The smallest absolute Gasteiger partial charge is 0.407 e. The summed E-state index contributed by atoms with van der Waals surface area (Å²) in [5, 5.41) is 2.97. The van der Waals surface area contributed by atoms with Crippen LogP contribution in [0, 0.1) is 0 Å². The first-order valence-electron chi connectivity index (χ1n) is 14.1. The van der Waals surface area contributed by atoms with Crippen LogP contribution in [-0.4, -0.2) is 61.5 Å². The molecule has 0 aromatic heterocycles. The molecule has 0 bridgehead atoms. The third kappa shape index (κ3) is 4.88. The number of ether oxygens (including phenoxy) is 3. The van der Waals surface area contributed by atoms with Crippen LogP contribution in [0.3, 0.4) is 0 Å². The normalized spacial score (nSPS) is 19.8. The van der Waals surface area contributed by atoms with Gasteiger partial charge >= 0.3 is 12.1 Å². The molecule has 2 aliphatic heterocycles. The summed E-state index contributed by atoms with van der Waals surface area (Å²) in [6.45, 7) is 6.08. The number of amides is 1. The number of hydrogen-bond acceptors (Lipinski definition) is 6. The zero-order valence-electron chi connectivity index (χ0n) is 23.1. The molecule has 0 saturated carbocycles. The number of carbonyl (C=O) groups excluding carboxylic acids is 2. The molecule has 1 atom stereocenters. The molecule has 0 unspecified atom stereocenters. The van der Waals surface area contributed by atoms with E-state index in [0.29, 0.717) is 19.8 Å². The van der Waals surface area contributed by atoms with Crippen molar-refractivity contribution in [1.82, 2.24) is 10.2 Å². The average Bonchev–Trinajstić information content (AvgIpc) is 3.55. The van der Waals surface area contributed by atoms with Gasteiger partial charge in [-0.15, -0.1) is 0 Å². The van der Waals surface area contributed by atoms with Gasteiger partial charge < -0.3 is 19.5 Å². The number of carbonyl (C=O) groups is 2. The number of rotatable bonds is 8. The van der Waals surface area contributed by atoms with Crippen LogP contribution in [0.5, 0.6) is 0 Å². The number of hydrogen-bond donors (Lipinski definition) is 1. The maximum Gasteiger partial charge on any atom is 0.407 e. The highest BCUT2D eigenvalue weighted by Crippen LogP contribution is 2.44. The summed E-state index contributed by atoms with van der Waals surface area (Å²) < 4.78 is 17.4. The van der Waals surface area contributed by atoms with Crippen molar-refractivity contribution in [1.29, 1.82) is 0 Å². The largest absolute Gasteiger partial charge is 0.454 e. The van der Waals surface area contributed by atoms with Gasteiger partial charge in [0, 0.05) is 12.5 Å². The quantitative estimate of drug-likeness (QED) is 0.394. The highest BCUT2D eigenvalue weighted by atomic mass is 16.6. The van der Waals surface area contributed by atoms with E-state index in [-0.39, 0.29) is 24.5 Å². The van der Waals surface area contributed by atoms with Crippen molar-refractivity contribution in [2.45, 2.75) is 49.8 Å². The van der Waals surface area contributed by atoms with Crippen LogP contribution in [0.4, 0.5) is 4.79 Å². The summed E-state index contributed by atoms with van der Waals surface area (Å²) in [4.78, 5) is 28.5. The Morgan fingerprint density at radius 2 is 1.57 bits per heavy atom. The summed E-state index contributed by atoms with van der Waals surface area (Å²) in [5.41, 5.74) is 4.50. The lowest BCUT2D eigenvalue weighted by atomic mass is 9.93. The van der Waals surface area contributed by atoms with Crippen molar-refractivity contribution in [2.24, 2.45) is 0 Å². The number of nitrogens with one attached hydrogen (secondary N) is 1. The fourth-order valence-electron chi connectivity index (χ4n) is 6.39. The number of alkyl carbamates (subject to hydrolysis) is 1. The zero-order valence-corrected chi connectivity index (χ0v) is 23.1. The van der Waals surface area contributed by atoms with E-state index in [9.17, 15) is 9.59 Å². The molecule has 40 heavy (non-hydrogen) atoms. The molecule has 2 fully saturated rings. The van der Waals surface area contributed by atoms with Gasteiger partial charge in [0.15, 0.2) is 0 Å². The van der Waals surface area contributed by atoms with E-state index in [1.807, 2.05) is 68.4 Å². The van der Waals surface area contributed by atoms with Gasteiger partial charge in [0.25, 0.3) is 0 Å². The Morgan fingerprint density at radius 1 is 0.950 bits per heavy atom. The highest BCUT2D eigenvalue weighted by molar-refractivity contribution is 5.79. The molecule has 0 spiro atoms. The molecule has 3 aliphatic rings. The first kappa shape index (κ1) is 26.5. The molecule has 6 rings (SSSR count). The molecule has 1 aliphatic carbocycles. The minimum atomic E-state index is -0.741. The highest BCUT2D eigenvalue weighted by Gasteiger charge is 2.51. The maximum absolute atomic E-state index is 13.4. The Labute approximate surface area is 235 Å². The first-order valence-corrected chi connectivity index (χ1v) is 14.1. The summed E-state index contributed by atoms with van der Waals surface area (Å²) in [5.74, 6) is -0.233. The van der Waals surface area contributed by atoms with Crippen molar-refractivity contribution in [3.63, 3.8) is 0 Å². The van der Waals surface area contributed by atoms with E-state index in [4.69, 9.17) is 14.2 Å². The molecule has 1 amide bonds. The Bertz CT molecular complexity index is 1340. The number of likely N-dealkylation sites (tertiary alicyclic amines) is 1. The molecular weight excluding hydrogens is 504 g/mol. The Balaban J connectivity index is 1.08. The minimum absolute atomic E-state index is 0.00449. The number of benzene rings is 3. The van der Waals surface area contributed by atoms with E-state index >= 15 is 0 Å². The van der Waals surface area contributed by atoms with Crippen molar-refractivity contribution >= 4 is 12.1 Å². The van der Waals surface area contributed by atoms with Crippen LogP contribution >= 0.6 is 0 Å². The van der Waals surface area contributed by atoms with E-state index < -0.39 is 17.2 Å². The molecule has 2 heterocycles. The molecule has 2 saturated heterocycles. The third-order valence-corrected chi connectivity index (χ3v) is 8.61. The van der Waals surface area contributed by atoms with Crippen molar-refractivity contribution < 1.29 is 23.8 Å². The second-order valence-corrected chi connectivity index (χ2v) is 11.5. The monoisotopic (exact) mass is 540 g/mol. The average molecular weight is 541 g/mol. The van der Waals surface area contributed by atoms with Crippen LogP contribution in [0.1, 0.15) is 49.3 Å². The number of fused-ring (bicyclic) bond motifs is 3. The SMILES string of the molecule is CC(C)(OC(=O)[C@@H]1CCCN1C1(CNC(=O)OCC2c3ccccc3-c3ccccc32)COC1)c1ccccc1. The number of esters is 1. The van der Waals surface area contributed by atoms with Crippen molar-refractivity contribution in [3.05, 3.63) is 95.6 Å². The van der Waals surface area contributed by atoms with Gasteiger partial charge in [0.05, 0.1) is 18.8 Å². The summed E-state index contributed by atoms with van der Waals surface area (Å²) in [6, 6.07) is 26.0. The Hall–Kier alpha value is -3.68. The number of nitrogens with zero attached hydrogens (tertiary/aromatic N) is 1. The minimum Gasteiger partial charge on any atom is -0.454 e. The van der Waals surface area contributed by atoms with Crippen LogP contribution in [0.25, 0.3) is 11.1 Å². The molecule has 1 N–H and O–H groups in total. The second kappa shape index (κ2) is 10.7. The first-order chi connectivity index (χ1) is 19.4. The van der Waals surface area contributed by atoms with Gasteiger partial charge in [0.1, 0.15) is 18.2 Å². The second-order valence-electron chi connectivity index (χ2n) is 11.5. The van der Waals surface area contributed by atoms with Gasteiger partial charge in [-0.3, -0.25) is 9.69 Å². The standard InChI is InChI=1S/C33H36N2O5/c1-32(2,23-11-4-3-5-12-23)40-30(36)29-17-10-18-35(29)33(21-38-22-33)20-34-31(37)39-19-28-26-15-8-6-13-24(26)25-14-7-9-16-27(25)28/h3-9,11-16,28-29H,10,17-22H2,1-2H3,(H,34,37)/t29-/m0/s1.